The summed E-state index contributed by atoms with van der Waals surface area (Å²) in [6, 6.07) is 15.6. The van der Waals surface area contributed by atoms with Crippen molar-refractivity contribution in [2.75, 3.05) is 20.8 Å². The number of Topliss-reactive ketones (excluding diaryl/α,β-unsaturated/α-hetero) is 1. The number of hydrogen-bond donors (Lipinski definition) is 0. The van der Waals surface area contributed by atoms with Gasteiger partial charge in [0, 0.05) is 31.2 Å². The summed E-state index contributed by atoms with van der Waals surface area (Å²) in [5.74, 6) is 0.101. The van der Waals surface area contributed by atoms with Gasteiger partial charge in [0.25, 0.3) is 17.3 Å². The molecule has 43 heavy (non-hydrogen) atoms. The molecule has 226 valence electrons. The summed E-state index contributed by atoms with van der Waals surface area (Å²) in [5.41, 5.74) is 0.446. The number of hydrogen-bond acceptors (Lipinski definition) is 8. The van der Waals surface area contributed by atoms with Crippen molar-refractivity contribution in [3.05, 3.63) is 104 Å². The Kier molecular flexibility index (Phi) is 10.4. The molecule has 1 saturated carbocycles. The van der Waals surface area contributed by atoms with Crippen LogP contribution in [0, 0.1) is 26.1 Å². The molecule has 3 aromatic rings. The van der Waals surface area contributed by atoms with Crippen molar-refractivity contribution in [2.45, 2.75) is 51.0 Å². The van der Waals surface area contributed by atoms with Crippen molar-refractivity contribution >= 4 is 23.1 Å². The number of amides is 1. The van der Waals surface area contributed by atoms with E-state index in [1.54, 1.807) is 13.2 Å². The minimum absolute atomic E-state index is 0.0401. The maximum atomic E-state index is 14.4. The molecule has 0 radical (unpaired) electrons. The molecule has 11 heteroatoms. The molecule has 1 atom stereocenters. The minimum Gasteiger partial charge on any atom is -0.497 e. The lowest BCUT2D eigenvalue weighted by Gasteiger charge is -2.33. The van der Waals surface area contributed by atoms with Crippen LogP contribution in [0.3, 0.4) is 0 Å². The molecule has 1 amide bonds. The fourth-order valence-electron chi connectivity index (χ4n) is 5.66. The van der Waals surface area contributed by atoms with Gasteiger partial charge in [0.05, 0.1) is 24.1 Å². The molecule has 4 rings (SSSR count). The molecule has 0 N–H and O–H groups in total. The molecule has 0 aliphatic heterocycles. The number of ketones is 1. The van der Waals surface area contributed by atoms with E-state index in [0.29, 0.717) is 17.7 Å². The van der Waals surface area contributed by atoms with Gasteiger partial charge in [-0.1, -0.05) is 44.2 Å². The van der Waals surface area contributed by atoms with Crippen molar-refractivity contribution in [3.8, 4) is 11.5 Å². The summed E-state index contributed by atoms with van der Waals surface area (Å²) in [7, 11) is 2.94. The largest absolute Gasteiger partial charge is 0.497 e. The molecule has 11 nitrogen and oxygen atoms in total. The molecule has 1 aliphatic rings. The fraction of sp³-hybridized carbons (Fsp3) is 0.375. The highest BCUT2D eigenvalue weighted by atomic mass is 16.6. The maximum Gasteiger partial charge on any atom is 0.282 e. The van der Waals surface area contributed by atoms with Gasteiger partial charge in [0.15, 0.2) is 5.78 Å². The number of ether oxygens (including phenoxy) is 2. The number of methoxy groups -OCH3 is 2. The second-order valence-electron chi connectivity index (χ2n) is 10.7. The zero-order valence-electron chi connectivity index (χ0n) is 24.3. The van der Waals surface area contributed by atoms with E-state index in [1.807, 2.05) is 18.2 Å². The lowest BCUT2D eigenvalue weighted by molar-refractivity contribution is -0.385. The Morgan fingerprint density at radius 2 is 1.56 bits per heavy atom. The van der Waals surface area contributed by atoms with Crippen LogP contribution in [0.15, 0.2) is 66.7 Å². The molecule has 3 aromatic carbocycles. The standard InChI is InChI=1S/C32H35N3O8/c1-42-26-10-6-9-23(19-26)17-18-33(32(37)28-21-27(43-2)15-16-29(28)35(40)41)31(24-11-13-25(14-12-24)34(38)39)30(36)20-22-7-4-3-5-8-22/h6,9-16,19,21-22,31H,3-5,7-8,17-18,20H2,1-2H3. The van der Waals surface area contributed by atoms with Crippen LogP contribution in [0.2, 0.25) is 0 Å². The van der Waals surface area contributed by atoms with Crippen molar-refractivity contribution in [1.29, 1.82) is 0 Å². The molecule has 0 heterocycles. The summed E-state index contributed by atoms with van der Waals surface area (Å²) in [6.07, 6.45) is 5.51. The number of nitro groups is 2. The first kappa shape index (κ1) is 31.1. The van der Waals surface area contributed by atoms with Gasteiger partial charge < -0.3 is 14.4 Å². The van der Waals surface area contributed by atoms with Crippen LogP contribution in [-0.2, 0) is 11.2 Å². The van der Waals surface area contributed by atoms with Gasteiger partial charge in [-0.05, 0) is 59.9 Å². The summed E-state index contributed by atoms with van der Waals surface area (Å²) < 4.78 is 10.6. The predicted molar refractivity (Wildman–Crippen MR) is 159 cm³/mol. The number of nitrogens with zero attached hydrogens (tertiary/aromatic N) is 3. The summed E-state index contributed by atoms with van der Waals surface area (Å²) in [5, 5.41) is 23.4. The molecular weight excluding hydrogens is 554 g/mol. The second kappa shape index (κ2) is 14.4. The first-order valence-electron chi connectivity index (χ1n) is 14.2. The zero-order chi connectivity index (χ0) is 30.9. The molecule has 0 aromatic heterocycles. The van der Waals surface area contributed by atoms with E-state index >= 15 is 0 Å². The molecule has 0 bridgehead atoms. The highest BCUT2D eigenvalue weighted by Gasteiger charge is 2.36. The number of benzene rings is 3. The van der Waals surface area contributed by atoms with Crippen LogP contribution in [0.4, 0.5) is 11.4 Å². The minimum atomic E-state index is -1.12. The summed E-state index contributed by atoms with van der Waals surface area (Å²) >= 11 is 0. The number of rotatable bonds is 13. The summed E-state index contributed by atoms with van der Waals surface area (Å²) in [4.78, 5) is 52.0. The van der Waals surface area contributed by atoms with E-state index in [0.717, 1.165) is 37.7 Å². The Morgan fingerprint density at radius 1 is 0.884 bits per heavy atom. The topological polar surface area (TPSA) is 142 Å². The predicted octanol–water partition coefficient (Wildman–Crippen LogP) is 6.49. The van der Waals surface area contributed by atoms with Gasteiger partial charge in [-0.3, -0.25) is 29.8 Å². The molecule has 1 unspecified atom stereocenters. The van der Waals surface area contributed by atoms with Crippen LogP contribution in [0.25, 0.3) is 0 Å². The maximum absolute atomic E-state index is 14.4. The normalized spacial score (nSPS) is 14.0. The van der Waals surface area contributed by atoms with E-state index in [9.17, 15) is 29.8 Å². The monoisotopic (exact) mass is 589 g/mol. The van der Waals surface area contributed by atoms with Crippen LogP contribution in [0.1, 0.15) is 66.1 Å². The molecule has 0 saturated heterocycles. The van der Waals surface area contributed by atoms with Crippen molar-refractivity contribution in [1.82, 2.24) is 4.90 Å². The first-order chi connectivity index (χ1) is 20.7. The van der Waals surface area contributed by atoms with E-state index < -0.39 is 27.5 Å². The third kappa shape index (κ3) is 7.73. The number of non-ortho nitro benzene ring substituents is 1. The van der Waals surface area contributed by atoms with Gasteiger partial charge >= 0.3 is 0 Å². The third-order valence-corrected chi connectivity index (χ3v) is 7.92. The molecule has 1 fully saturated rings. The van der Waals surface area contributed by atoms with Gasteiger partial charge in [0.2, 0.25) is 0 Å². The van der Waals surface area contributed by atoms with Gasteiger partial charge in [-0.25, -0.2) is 0 Å². The Bertz CT molecular complexity index is 1470. The van der Waals surface area contributed by atoms with E-state index in [-0.39, 0.29) is 41.7 Å². The fourth-order valence-corrected chi connectivity index (χ4v) is 5.66. The quantitative estimate of drug-likeness (QED) is 0.163. The number of carbonyl (C=O) groups is 2. The van der Waals surface area contributed by atoms with Crippen LogP contribution < -0.4 is 9.47 Å². The van der Waals surface area contributed by atoms with Crippen molar-refractivity contribution < 1.29 is 28.9 Å². The SMILES string of the molecule is COc1cccc(CCN(C(=O)c2cc(OC)ccc2[N+](=O)[O-])C(C(=O)CC2CCCCC2)c2ccc([N+](=O)[O-])cc2)c1. The van der Waals surface area contributed by atoms with E-state index in [2.05, 4.69) is 0 Å². The highest BCUT2D eigenvalue weighted by molar-refractivity contribution is 6.01. The van der Waals surface area contributed by atoms with Crippen LogP contribution >= 0.6 is 0 Å². The van der Waals surface area contributed by atoms with Crippen molar-refractivity contribution in [3.63, 3.8) is 0 Å². The second-order valence-corrected chi connectivity index (χ2v) is 10.7. The highest BCUT2D eigenvalue weighted by Crippen LogP contribution is 2.34. The lowest BCUT2D eigenvalue weighted by Crippen LogP contribution is -2.41. The third-order valence-electron chi connectivity index (χ3n) is 7.92. The first-order valence-corrected chi connectivity index (χ1v) is 14.2. The molecular formula is C32H35N3O8. The van der Waals surface area contributed by atoms with E-state index in [4.69, 9.17) is 9.47 Å². The Morgan fingerprint density at radius 3 is 2.19 bits per heavy atom. The Balaban J connectivity index is 1.82. The average Bonchev–Trinajstić information content (AvgIpc) is 3.02. The molecule has 0 spiro atoms. The summed E-state index contributed by atoms with van der Waals surface area (Å²) in [6.45, 7) is 0.0401. The van der Waals surface area contributed by atoms with Crippen LogP contribution in [-0.4, -0.2) is 47.2 Å². The van der Waals surface area contributed by atoms with E-state index in [1.165, 1.54) is 54.5 Å². The lowest BCUT2D eigenvalue weighted by atomic mass is 9.83. The number of carbonyl (C=O) groups excluding carboxylic acids is 2. The smallest absolute Gasteiger partial charge is 0.282 e. The van der Waals surface area contributed by atoms with Crippen molar-refractivity contribution in [2.24, 2.45) is 5.92 Å². The van der Waals surface area contributed by atoms with Gasteiger partial charge in [-0.15, -0.1) is 0 Å². The van der Waals surface area contributed by atoms with Crippen LogP contribution in [0.5, 0.6) is 11.5 Å². The van der Waals surface area contributed by atoms with Gasteiger partial charge in [-0.2, -0.15) is 0 Å². The zero-order valence-corrected chi connectivity index (χ0v) is 24.3. The van der Waals surface area contributed by atoms with Gasteiger partial charge in [0.1, 0.15) is 23.1 Å². The average molecular weight is 590 g/mol. The molecule has 1 aliphatic carbocycles. The Labute approximate surface area is 249 Å². The number of nitro benzene ring substituents is 2. The Hall–Kier alpha value is -4.80.